The Morgan fingerprint density at radius 2 is 1.00 bits per heavy atom. The van der Waals surface area contributed by atoms with Crippen LogP contribution in [0.5, 0.6) is 0 Å². The van der Waals surface area contributed by atoms with E-state index in [1.54, 1.807) is 0 Å². The van der Waals surface area contributed by atoms with Crippen molar-refractivity contribution in [2.45, 2.75) is 104 Å². The lowest BCUT2D eigenvalue weighted by Gasteiger charge is -2.25. The predicted octanol–water partition coefficient (Wildman–Crippen LogP) is 7.54. The van der Waals surface area contributed by atoms with E-state index in [0.717, 1.165) is 11.8 Å². The number of allylic oxidation sites excluding steroid dienone is 2. The molecule has 0 amide bonds. The minimum Gasteiger partial charge on any atom is -0.0951 e. The molecule has 2 aliphatic carbocycles. The van der Waals surface area contributed by atoms with Gasteiger partial charge in [0.15, 0.2) is 0 Å². The minimum absolute atomic E-state index is 0.629. The first-order chi connectivity index (χ1) is 12.8. The first-order valence-corrected chi connectivity index (χ1v) is 11.5. The van der Waals surface area contributed by atoms with Gasteiger partial charge < -0.3 is 0 Å². The Hall–Kier alpha value is -1.14. The predicted molar refractivity (Wildman–Crippen MR) is 115 cm³/mol. The molecule has 0 spiro atoms. The van der Waals surface area contributed by atoms with Crippen LogP contribution in [0.2, 0.25) is 0 Å². The second-order valence-corrected chi connectivity index (χ2v) is 8.63. The maximum absolute atomic E-state index is 3.46. The summed E-state index contributed by atoms with van der Waals surface area (Å²) in [6.45, 7) is 4.59. The fourth-order valence-electron chi connectivity index (χ4n) is 4.59. The lowest BCUT2D eigenvalue weighted by Crippen LogP contribution is -2.13. The van der Waals surface area contributed by atoms with Gasteiger partial charge in [-0.15, -0.1) is 0 Å². The van der Waals surface area contributed by atoms with E-state index in [1.165, 1.54) is 89.9 Å². The summed E-state index contributed by atoms with van der Waals surface area (Å²) in [4.78, 5) is 0. The molecule has 2 rings (SSSR count). The third-order valence-corrected chi connectivity index (χ3v) is 6.45. The van der Waals surface area contributed by atoms with Crippen molar-refractivity contribution in [3.63, 3.8) is 0 Å². The quantitative estimate of drug-likeness (QED) is 0.433. The largest absolute Gasteiger partial charge is 0.0951 e. The van der Waals surface area contributed by atoms with Gasteiger partial charge in [-0.1, -0.05) is 76.1 Å². The summed E-state index contributed by atoms with van der Waals surface area (Å²) in [6, 6.07) is 0. The topological polar surface area (TPSA) is 0 Å². The zero-order valence-corrected chi connectivity index (χ0v) is 17.4. The van der Waals surface area contributed by atoms with Crippen LogP contribution in [0.25, 0.3) is 0 Å². The number of rotatable bonds is 6. The molecule has 2 fully saturated rings. The molecule has 2 aliphatic rings. The van der Waals surface area contributed by atoms with Gasteiger partial charge in [-0.2, -0.15) is 0 Å². The summed E-state index contributed by atoms with van der Waals surface area (Å²) in [5.74, 6) is 16.6. The van der Waals surface area contributed by atoms with Crippen molar-refractivity contribution in [3.05, 3.63) is 12.2 Å². The van der Waals surface area contributed by atoms with Crippen LogP contribution < -0.4 is 0 Å². The van der Waals surface area contributed by atoms with Gasteiger partial charge in [-0.05, 0) is 75.4 Å². The van der Waals surface area contributed by atoms with Crippen molar-refractivity contribution in [1.29, 1.82) is 0 Å². The summed E-state index contributed by atoms with van der Waals surface area (Å²) in [6.07, 6.45) is 23.1. The molecule has 0 heterocycles. The number of hydrogen-bond acceptors (Lipinski definition) is 0. The normalized spacial score (nSPS) is 28.8. The van der Waals surface area contributed by atoms with E-state index in [-0.39, 0.29) is 0 Å². The molecule has 0 atom stereocenters. The van der Waals surface area contributed by atoms with Crippen LogP contribution in [0.15, 0.2) is 12.2 Å². The smallest absolute Gasteiger partial charge is 0.0206 e. The van der Waals surface area contributed by atoms with Gasteiger partial charge in [-0.3, -0.25) is 0 Å². The fourth-order valence-corrected chi connectivity index (χ4v) is 4.59. The summed E-state index contributed by atoms with van der Waals surface area (Å²) in [5, 5.41) is 0. The molecular weight excluding hydrogens is 312 g/mol. The molecule has 2 saturated carbocycles. The Kier molecular flexibility index (Phi) is 10.7. The highest BCUT2D eigenvalue weighted by Gasteiger charge is 2.19. The Morgan fingerprint density at radius 3 is 1.35 bits per heavy atom. The van der Waals surface area contributed by atoms with Crippen LogP contribution in [0.3, 0.4) is 0 Å². The monoisotopic (exact) mass is 352 g/mol. The Morgan fingerprint density at radius 1 is 0.615 bits per heavy atom. The van der Waals surface area contributed by atoms with Crippen LogP contribution in [0, 0.1) is 47.4 Å². The summed E-state index contributed by atoms with van der Waals surface area (Å²) >= 11 is 0. The molecule has 0 unspecified atom stereocenters. The van der Waals surface area contributed by atoms with Crippen LogP contribution in [-0.4, -0.2) is 0 Å². The molecule has 0 nitrogen and oxygen atoms in total. The molecule has 0 aromatic heterocycles. The van der Waals surface area contributed by atoms with Crippen molar-refractivity contribution < 1.29 is 0 Å². The zero-order chi connectivity index (χ0) is 18.5. The van der Waals surface area contributed by atoms with Gasteiger partial charge in [0.25, 0.3) is 0 Å². The highest BCUT2D eigenvalue weighted by Crippen LogP contribution is 2.32. The van der Waals surface area contributed by atoms with E-state index in [9.17, 15) is 0 Å². The van der Waals surface area contributed by atoms with E-state index in [2.05, 4.69) is 37.5 Å². The maximum atomic E-state index is 3.46. The molecule has 26 heavy (non-hydrogen) atoms. The molecule has 0 saturated heterocycles. The van der Waals surface area contributed by atoms with Gasteiger partial charge in [0.1, 0.15) is 0 Å². The van der Waals surface area contributed by atoms with Gasteiger partial charge in [0.2, 0.25) is 0 Å². The lowest BCUT2D eigenvalue weighted by atomic mass is 9.80. The fraction of sp³-hybridized carbons (Fsp3) is 0.769. The number of hydrogen-bond donors (Lipinski definition) is 0. The second-order valence-electron chi connectivity index (χ2n) is 8.63. The highest BCUT2D eigenvalue weighted by atomic mass is 14.2. The van der Waals surface area contributed by atoms with Crippen LogP contribution in [-0.2, 0) is 0 Å². The van der Waals surface area contributed by atoms with Crippen LogP contribution >= 0.6 is 0 Å². The molecule has 0 radical (unpaired) electrons. The molecule has 0 bridgehead atoms. The lowest BCUT2D eigenvalue weighted by molar-refractivity contribution is 0.296. The zero-order valence-electron chi connectivity index (χ0n) is 17.4. The van der Waals surface area contributed by atoms with Crippen molar-refractivity contribution in [2.75, 3.05) is 0 Å². The van der Waals surface area contributed by atoms with Crippen molar-refractivity contribution in [2.24, 2.45) is 23.7 Å². The molecule has 0 aliphatic heterocycles. The SMILES string of the molecule is CCCCC1CCC(C#CC=CC#CC2CCC(CCCC)CC2)CC1. The summed E-state index contributed by atoms with van der Waals surface area (Å²) in [5.41, 5.74) is 0. The average Bonchev–Trinajstić information content (AvgIpc) is 2.69. The van der Waals surface area contributed by atoms with Crippen molar-refractivity contribution in [3.8, 4) is 23.7 Å². The third kappa shape index (κ3) is 8.49. The standard InChI is InChI=1S/C26H40/c1-3-5-11-23-15-19-25(20-16-23)13-9-7-8-10-14-26-21-17-24(18-22-26)12-6-4-2/h7-8,23-26H,3-6,11-12,15-22H2,1-2H3. The van der Waals surface area contributed by atoms with Crippen LogP contribution in [0.4, 0.5) is 0 Å². The van der Waals surface area contributed by atoms with Gasteiger partial charge in [0, 0.05) is 11.8 Å². The van der Waals surface area contributed by atoms with Crippen LogP contribution in [0.1, 0.15) is 104 Å². The molecule has 0 aromatic rings. The van der Waals surface area contributed by atoms with Gasteiger partial charge >= 0.3 is 0 Å². The molecular formula is C26H40. The summed E-state index contributed by atoms with van der Waals surface area (Å²) < 4.78 is 0. The average molecular weight is 353 g/mol. The Bertz CT molecular complexity index is 454. The Balaban J connectivity index is 1.61. The van der Waals surface area contributed by atoms with Gasteiger partial charge in [-0.25, -0.2) is 0 Å². The minimum atomic E-state index is 0.629. The van der Waals surface area contributed by atoms with Crippen molar-refractivity contribution >= 4 is 0 Å². The van der Waals surface area contributed by atoms with Gasteiger partial charge in [0.05, 0.1) is 0 Å². The molecule has 0 heteroatoms. The Labute approximate surface area is 163 Å². The molecule has 0 aromatic carbocycles. The molecule has 144 valence electrons. The highest BCUT2D eigenvalue weighted by molar-refractivity contribution is 5.26. The summed E-state index contributed by atoms with van der Waals surface area (Å²) in [7, 11) is 0. The number of unbranched alkanes of at least 4 members (excludes halogenated alkanes) is 2. The van der Waals surface area contributed by atoms with E-state index < -0.39 is 0 Å². The van der Waals surface area contributed by atoms with E-state index in [1.807, 2.05) is 12.2 Å². The van der Waals surface area contributed by atoms with E-state index in [0.29, 0.717) is 11.8 Å². The van der Waals surface area contributed by atoms with Crippen molar-refractivity contribution in [1.82, 2.24) is 0 Å². The van der Waals surface area contributed by atoms with E-state index >= 15 is 0 Å². The third-order valence-electron chi connectivity index (χ3n) is 6.45. The first-order valence-electron chi connectivity index (χ1n) is 11.5. The second kappa shape index (κ2) is 13.1. The maximum Gasteiger partial charge on any atom is 0.0206 e. The first kappa shape index (κ1) is 21.2. The molecule has 0 N–H and O–H groups in total. The van der Waals surface area contributed by atoms with E-state index in [4.69, 9.17) is 0 Å².